The molecule has 1 aromatic heterocycles. The van der Waals surface area contributed by atoms with Crippen LogP contribution in [0.5, 0.6) is 0 Å². The number of amides is 1. The van der Waals surface area contributed by atoms with Gasteiger partial charge in [0.15, 0.2) is 0 Å². The molecule has 1 aliphatic rings. The zero-order chi connectivity index (χ0) is 18.6. The van der Waals surface area contributed by atoms with Gasteiger partial charge in [-0.3, -0.25) is 9.48 Å². The number of aryl methyl sites for hydroxylation is 2. The van der Waals surface area contributed by atoms with Gasteiger partial charge in [0.25, 0.3) is 0 Å². The molecule has 0 radical (unpaired) electrons. The number of piperidine rings is 1. The fraction of sp³-hybridized carbons (Fsp3) is 0.800. The summed E-state index contributed by atoms with van der Waals surface area (Å²) < 4.78 is 1.90. The Morgan fingerprint density at radius 1 is 1.36 bits per heavy atom. The van der Waals surface area contributed by atoms with Crippen molar-refractivity contribution in [1.29, 1.82) is 0 Å². The molecular formula is C20H36N4O. The van der Waals surface area contributed by atoms with Gasteiger partial charge >= 0.3 is 0 Å². The van der Waals surface area contributed by atoms with Crippen LogP contribution in [-0.2, 0) is 4.79 Å². The summed E-state index contributed by atoms with van der Waals surface area (Å²) in [6, 6.07) is 1.81. The predicted molar refractivity (Wildman–Crippen MR) is 103 cm³/mol. The van der Waals surface area contributed by atoms with Gasteiger partial charge in [-0.25, -0.2) is 0 Å². The fourth-order valence-electron chi connectivity index (χ4n) is 3.84. The van der Waals surface area contributed by atoms with Gasteiger partial charge < -0.3 is 10.2 Å². The molecule has 1 saturated heterocycles. The van der Waals surface area contributed by atoms with Crippen molar-refractivity contribution in [2.75, 3.05) is 19.6 Å². The van der Waals surface area contributed by atoms with Crippen LogP contribution >= 0.6 is 0 Å². The van der Waals surface area contributed by atoms with E-state index in [4.69, 9.17) is 0 Å². The molecule has 0 aliphatic carbocycles. The number of nitrogens with one attached hydrogen (secondary N) is 1. The van der Waals surface area contributed by atoms with Gasteiger partial charge in [-0.15, -0.1) is 0 Å². The minimum atomic E-state index is -0.236. The molecule has 2 rings (SSSR count). The Morgan fingerprint density at radius 2 is 2.00 bits per heavy atom. The molecule has 0 aromatic carbocycles. The number of carbonyl (C=O) groups is 1. The number of nitrogens with zero attached hydrogens (tertiary/aromatic N) is 3. The number of likely N-dealkylation sites (tertiary alicyclic amines) is 1. The number of hydrogen-bond donors (Lipinski definition) is 1. The van der Waals surface area contributed by atoms with E-state index in [0.717, 1.165) is 49.8 Å². The molecule has 0 saturated carbocycles. The van der Waals surface area contributed by atoms with Crippen LogP contribution in [0.25, 0.3) is 0 Å². The van der Waals surface area contributed by atoms with E-state index < -0.39 is 0 Å². The lowest BCUT2D eigenvalue weighted by Crippen LogP contribution is -2.54. The number of rotatable bonds is 7. The molecule has 1 amide bonds. The minimum absolute atomic E-state index is 0.0865. The van der Waals surface area contributed by atoms with E-state index in [1.165, 1.54) is 12.8 Å². The SMILES string of the molecule is CCC[C@H](C(=O)NC(C)(C)CN1CCC(C)CC1)n1nc(C)cc1C. The molecule has 5 nitrogen and oxygen atoms in total. The Hall–Kier alpha value is -1.36. The summed E-state index contributed by atoms with van der Waals surface area (Å²) in [5, 5.41) is 7.84. The van der Waals surface area contributed by atoms with Crippen molar-refractivity contribution in [2.45, 2.75) is 78.8 Å². The van der Waals surface area contributed by atoms with Crippen LogP contribution in [0.3, 0.4) is 0 Å². The maximum atomic E-state index is 13.0. The van der Waals surface area contributed by atoms with Crippen LogP contribution in [0, 0.1) is 19.8 Å². The lowest BCUT2D eigenvalue weighted by Gasteiger charge is -2.37. The molecule has 2 heterocycles. The lowest BCUT2D eigenvalue weighted by atomic mass is 9.96. The van der Waals surface area contributed by atoms with Gasteiger partial charge in [0, 0.05) is 17.8 Å². The fourth-order valence-corrected chi connectivity index (χ4v) is 3.84. The van der Waals surface area contributed by atoms with E-state index in [1.54, 1.807) is 0 Å². The van der Waals surface area contributed by atoms with Crippen LogP contribution in [0.4, 0.5) is 0 Å². The molecular weight excluding hydrogens is 312 g/mol. The Labute approximate surface area is 153 Å². The van der Waals surface area contributed by atoms with Crippen molar-refractivity contribution in [2.24, 2.45) is 5.92 Å². The van der Waals surface area contributed by atoms with Crippen molar-refractivity contribution in [3.63, 3.8) is 0 Å². The third-order valence-corrected chi connectivity index (χ3v) is 5.16. The van der Waals surface area contributed by atoms with E-state index in [1.807, 2.05) is 24.6 Å². The topological polar surface area (TPSA) is 50.2 Å². The van der Waals surface area contributed by atoms with Crippen LogP contribution < -0.4 is 5.32 Å². The molecule has 1 fully saturated rings. The molecule has 0 unspecified atom stereocenters. The van der Waals surface area contributed by atoms with Crippen molar-refractivity contribution >= 4 is 5.91 Å². The normalized spacial score (nSPS) is 18.3. The molecule has 1 N–H and O–H groups in total. The first-order valence-electron chi connectivity index (χ1n) is 9.79. The quantitative estimate of drug-likeness (QED) is 0.821. The Morgan fingerprint density at radius 3 is 2.52 bits per heavy atom. The smallest absolute Gasteiger partial charge is 0.245 e. The van der Waals surface area contributed by atoms with Crippen molar-refractivity contribution in [1.82, 2.24) is 20.0 Å². The van der Waals surface area contributed by atoms with E-state index in [0.29, 0.717) is 0 Å². The summed E-state index contributed by atoms with van der Waals surface area (Å²) >= 11 is 0. The summed E-state index contributed by atoms with van der Waals surface area (Å²) in [5.74, 6) is 0.914. The average molecular weight is 349 g/mol. The maximum absolute atomic E-state index is 13.0. The second kappa shape index (κ2) is 8.35. The second-order valence-electron chi connectivity index (χ2n) is 8.51. The molecule has 1 aliphatic heterocycles. The van der Waals surface area contributed by atoms with Gasteiger partial charge in [-0.05, 0) is 72.0 Å². The van der Waals surface area contributed by atoms with Crippen LogP contribution in [0.2, 0.25) is 0 Å². The third-order valence-electron chi connectivity index (χ3n) is 5.16. The lowest BCUT2D eigenvalue weighted by molar-refractivity contribution is -0.126. The highest BCUT2D eigenvalue weighted by atomic mass is 16.2. The highest BCUT2D eigenvalue weighted by Crippen LogP contribution is 2.21. The highest BCUT2D eigenvalue weighted by Gasteiger charge is 2.30. The van der Waals surface area contributed by atoms with Crippen molar-refractivity contribution in [3.05, 3.63) is 17.5 Å². The van der Waals surface area contributed by atoms with Crippen molar-refractivity contribution < 1.29 is 4.79 Å². The van der Waals surface area contributed by atoms with E-state index >= 15 is 0 Å². The van der Waals surface area contributed by atoms with Crippen LogP contribution in [0.1, 0.15) is 70.8 Å². The van der Waals surface area contributed by atoms with Gasteiger partial charge in [-0.1, -0.05) is 20.3 Å². The molecule has 1 atom stereocenters. The summed E-state index contributed by atoms with van der Waals surface area (Å²) in [6.07, 6.45) is 4.29. The Bertz CT molecular complexity index is 570. The molecule has 0 bridgehead atoms. The van der Waals surface area contributed by atoms with Gasteiger partial charge in [0.05, 0.1) is 5.69 Å². The molecule has 0 spiro atoms. The third kappa shape index (κ3) is 5.56. The monoisotopic (exact) mass is 348 g/mol. The van der Waals surface area contributed by atoms with Gasteiger partial charge in [0.1, 0.15) is 6.04 Å². The number of hydrogen-bond acceptors (Lipinski definition) is 3. The van der Waals surface area contributed by atoms with E-state index in [9.17, 15) is 4.79 Å². The molecule has 1 aromatic rings. The summed E-state index contributed by atoms with van der Waals surface area (Å²) in [4.78, 5) is 15.5. The first-order valence-corrected chi connectivity index (χ1v) is 9.79. The second-order valence-corrected chi connectivity index (χ2v) is 8.51. The number of aromatic nitrogens is 2. The first kappa shape index (κ1) is 20.0. The summed E-state index contributed by atoms with van der Waals surface area (Å²) in [6.45, 7) is 15.9. The van der Waals surface area contributed by atoms with Crippen molar-refractivity contribution in [3.8, 4) is 0 Å². The highest BCUT2D eigenvalue weighted by molar-refractivity contribution is 5.81. The zero-order valence-corrected chi connectivity index (χ0v) is 16.9. The Balaban J connectivity index is 2.02. The molecule has 5 heteroatoms. The molecule has 25 heavy (non-hydrogen) atoms. The standard InChI is InChI=1S/C20H36N4O/c1-7-8-18(24-17(4)13-16(3)22-24)19(25)21-20(5,6)14-23-11-9-15(2)10-12-23/h13,15,18H,7-12,14H2,1-6H3,(H,21,25)/t18-/m1/s1. The largest absolute Gasteiger partial charge is 0.348 e. The summed E-state index contributed by atoms with van der Waals surface area (Å²) in [5.41, 5.74) is 1.78. The number of carbonyl (C=O) groups excluding carboxylic acids is 1. The van der Waals surface area contributed by atoms with E-state index in [-0.39, 0.29) is 17.5 Å². The maximum Gasteiger partial charge on any atom is 0.245 e. The van der Waals surface area contributed by atoms with E-state index in [2.05, 4.69) is 43.0 Å². The van der Waals surface area contributed by atoms with Crippen LogP contribution in [0.15, 0.2) is 6.07 Å². The zero-order valence-electron chi connectivity index (χ0n) is 16.9. The summed E-state index contributed by atoms with van der Waals surface area (Å²) in [7, 11) is 0. The first-order chi connectivity index (χ1) is 11.7. The van der Waals surface area contributed by atoms with Gasteiger partial charge in [-0.2, -0.15) is 5.10 Å². The molecule has 142 valence electrons. The average Bonchev–Trinajstić information content (AvgIpc) is 2.84. The minimum Gasteiger partial charge on any atom is -0.348 e. The predicted octanol–water partition coefficient (Wildman–Crippen LogP) is 3.47. The van der Waals surface area contributed by atoms with Crippen LogP contribution in [-0.4, -0.2) is 45.8 Å². The Kier molecular flexibility index (Phi) is 6.66. The van der Waals surface area contributed by atoms with Gasteiger partial charge in [0.2, 0.25) is 5.91 Å².